The molecule has 0 atom stereocenters. The standard InChI is InChI=1S/C14H13N5O2S/c20-6-5-19-13(8-10(18-19)12-2-1-7-22-12)17-14(21)11-9-15-3-4-16-11/h1-4,7-9,20H,5-6H2,(H,17,21). The Morgan fingerprint density at radius 2 is 2.32 bits per heavy atom. The van der Waals surface area contributed by atoms with Gasteiger partial charge in [0.1, 0.15) is 17.2 Å². The number of aliphatic hydroxyl groups is 1. The van der Waals surface area contributed by atoms with E-state index in [-0.39, 0.29) is 18.2 Å². The van der Waals surface area contributed by atoms with Crippen molar-refractivity contribution in [1.29, 1.82) is 0 Å². The van der Waals surface area contributed by atoms with Crippen LogP contribution >= 0.6 is 11.3 Å². The zero-order valence-corrected chi connectivity index (χ0v) is 12.3. The smallest absolute Gasteiger partial charge is 0.277 e. The van der Waals surface area contributed by atoms with Crippen LogP contribution in [0.4, 0.5) is 5.82 Å². The summed E-state index contributed by atoms with van der Waals surface area (Å²) in [6, 6.07) is 5.66. The van der Waals surface area contributed by atoms with Crippen molar-refractivity contribution in [2.45, 2.75) is 6.54 Å². The Balaban J connectivity index is 1.87. The van der Waals surface area contributed by atoms with E-state index in [1.807, 2.05) is 17.5 Å². The van der Waals surface area contributed by atoms with Crippen molar-refractivity contribution >= 4 is 23.1 Å². The first-order valence-corrected chi connectivity index (χ1v) is 7.46. The van der Waals surface area contributed by atoms with Crippen LogP contribution < -0.4 is 5.32 Å². The van der Waals surface area contributed by atoms with Crippen molar-refractivity contribution in [3.05, 3.63) is 47.9 Å². The van der Waals surface area contributed by atoms with Gasteiger partial charge in [-0.1, -0.05) is 6.07 Å². The van der Waals surface area contributed by atoms with Crippen LogP contribution in [-0.4, -0.2) is 37.4 Å². The predicted octanol–water partition coefficient (Wildman–Crippen LogP) is 1.65. The maximum Gasteiger partial charge on any atom is 0.277 e. The highest BCUT2D eigenvalue weighted by atomic mass is 32.1. The highest BCUT2D eigenvalue weighted by Gasteiger charge is 2.14. The summed E-state index contributed by atoms with van der Waals surface area (Å²) < 4.78 is 1.56. The van der Waals surface area contributed by atoms with E-state index in [1.165, 1.54) is 18.6 Å². The van der Waals surface area contributed by atoms with E-state index >= 15 is 0 Å². The quantitative estimate of drug-likeness (QED) is 0.747. The largest absolute Gasteiger partial charge is 0.394 e. The number of aromatic nitrogens is 4. The van der Waals surface area contributed by atoms with Crippen molar-refractivity contribution in [2.75, 3.05) is 11.9 Å². The molecular weight excluding hydrogens is 302 g/mol. The Labute approximate surface area is 130 Å². The number of carbonyl (C=O) groups is 1. The highest BCUT2D eigenvalue weighted by molar-refractivity contribution is 7.13. The van der Waals surface area contributed by atoms with Crippen molar-refractivity contribution in [2.24, 2.45) is 0 Å². The maximum atomic E-state index is 12.2. The minimum atomic E-state index is -0.370. The molecule has 0 aliphatic rings. The second-order valence-electron chi connectivity index (χ2n) is 4.38. The van der Waals surface area contributed by atoms with Gasteiger partial charge in [0.2, 0.25) is 0 Å². The van der Waals surface area contributed by atoms with Crippen LogP contribution in [0.3, 0.4) is 0 Å². The van der Waals surface area contributed by atoms with Gasteiger partial charge in [0.05, 0.1) is 24.2 Å². The maximum absolute atomic E-state index is 12.2. The van der Waals surface area contributed by atoms with Crippen LogP contribution in [0.2, 0.25) is 0 Å². The molecule has 8 heteroatoms. The Morgan fingerprint density at radius 3 is 3.00 bits per heavy atom. The molecule has 0 aliphatic heterocycles. The Morgan fingerprint density at radius 1 is 1.41 bits per heavy atom. The lowest BCUT2D eigenvalue weighted by molar-refractivity contribution is 0.102. The first-order chi connectivity index (χ1) is 10.8. The SMILES string of the molecule is O=C(Nc1cc(-c2cccs2)nn1CCO)c1cnccn1. The van der Waals surface area contributed by atoms with E-state index in [0.717, 1.165) is 10.6 Å². The average molecular weight is 315 g/mol. The highest BCUT2D eigenvalue weighted by Crippen LogP contribution is 2.26. The van der Waals surface area contributed by atoms with Gasteiger partial charge in [-0.2, -0.15) is 5.10 Å². The van der Waals surface area contributed by atoms with Gasteiger partial charge in [-0.15, -0.1) is 11.3 Å². The molecule has 1 amide bonds. The fraction of sp³-hybridized carbons (Fsp3) is 0.143. The summed E-state index contributed by atoms with van der Waals surface area (Å²) in [6.45, 7) is 0.223. The first kappa shape index (κ1) is 14.4. The molecule has 0 saturated carbocycles. The lowest BCUT2D eigenvalue weighted by Gasteiger charge is -2.06. The van der Waals surface area contributed by atoms with Crippen LogP contribution in [-0.2, 0) is 6.54 Å². The molecule has 0 saturated heterocycles. The van der Waals surface area contributed by atoms with Gasteiger partial charge in [-0.3, -0.25) is 9.78 Å². The number of amides is 1. The average Bonchev–Trinajstić information content (AvgIpc) is 3.19. The molecule has 112 valence electrons. The summed E-state index contributed by atoms with van der Waals surface area (Å²) in [5.41, 5.74) is 0.967. The molecule has 22 heavy (non-hydrogen) atoms. The predicted molar refractivity (Wildman–Crippen MR) is 82.6 cm³/mol. The molecule has 2 N–H and O–H groups in total. The number of nitrogens with one attached hydrogen (secondary N) is 1. The summed E-state index contributed by atoms with van der Waals surface area (Å²) >= 11 is 1.56. The van der Waals surface area contributed by atoms with E-state index < -0.39 is 0 Å². The molecule has 0 aromatic carbocycles. The lowest BCUT2D eigenvalue weighted by atomic mass is 10.3. The fourth-order valence-corrected chi connectivity index (χ4v) is 2.61. The van der Waals surface area contributed by atoms with E-state index in [0.29, 0.717) is 12.4 Å². The molecule has 0 aliphatic carbocycles. The topological polar surface area (TPSA) is 92.9 Å². The van der Waals surface area contributed by atoms with Gasteiger partial charge < -0.3 is 10.4 Å². The molecule has 7 nitrogen and oxygen atoms in total. The van der Waals surface area contributed by atoms with Crippen molar-refractivity contribution in [3.63, 3.8) is 0 Å². The molecule has 3 aromatic heterocycles. The Bertz CT molecular complexity index is 755. The molecule has 3 aromatic rings. The zero-order chi connectivity index (χ0) is 15.4. The summed E-state index contributed by atoms with van der Waals surface area (Å²) in [4.78, 5) is 21.0. The molecule has 3 rings (SSSR count). The molecular formula is C14H13N5O2S. The van der Waals surface area contributed by atoms with E-state index in [4.69, 9.17) is 5.11 Å². The van der Waals surface area contributed by atoms with Crippen LogP contribution in [0.15, 0.2) is 42.2 Å². The van der Waals surface area contributed by atoms with Gasteiger partial charge in [-0.05, 0) is 11.4 Å². The van der Waals surface area contributed by atoms with E-state index in [9.17, 15) is 4.79 Å². The number of nitrogens with zero attached hydrogens (tertiary/aromatic N) is 4. The first-order valence-electron chi connectivity index (χ1n) is 6.58. The molecule has 0 spiro atoms. The Hall–Kier alpha value is -2.58. The molecule has 0 unspecified atom stereocenters. The summed E-state index contributed by atoms with van der Waals surface area (Å²) in [5, 5.41) is 18.3. The van der Waals surface area contributed by atoms with E-state index in [2.05, 4.69) is 20.4 Å². The third-order valence-corrected chi connectivity index (χ3v) is 3.80. The van der Waals surface area contributed by atoms with Gasteiger partial charge in [-0.25, -0.2) is 9.67 Å². The normalized spacial score (nSPS) is 10.6. The third kappa shape index (κ3) is 3.02. The number of carbonyl (C=O) groups excluding carboxylic acids is 1. The second-order valence-corrected chi connectivity index (χ2v) is 5.33. The van der Waals surface area contributed by atoms with Gasteiger partial charge >= 0.3 is 0 Å². The minimum Gasteiger partial charge on any atom is -0.394 e. The third-order valence-electron chi connectivity index (χ3n) is 2.90. The Kier molecular flexibility index (Phi) is 4.22. The number of aliphatic hydroxyl groups excluding tert-OH is 1. The fourth-order valence-electron chi connectivity index (χ4n) is 1.92. The van der Waals surface area contributed by atoms with Crippen LogP contribution in [0, 0.1) is 0 Å². The molecule has 3 heterocycles. The van der Waals surface area contributed by atoms with Crippen LogP contribution in [0.25, 0.3) is 10.6 Å². The number of thiophene rings is 1. The van der Waals surface area contributed by atoms with Crippen LogP contribution in [0.5, 0.6) is 0 Å². The second kappa shape index (κ2) is 6.46. The summed E-state index contributed by atoms with van der Waals surface area (Å²) in [6.07, 6.45) is 4.35. The zero-order valence-electron chi connectivity index (χ0n) is 11.5. The van der Waals surface area contributed by atoms with Crippen molar-refractivity contribution < 1.29 is 9.90 Å². The number of rotatable bonds is 5. The number of hydrogen-bond donors (Lipinski definition) is 2. The van der Waals surface area contributed by atoms with Gasteiger partial charge in [0.15, 0.2) is 0 Å². The summed E-state index contributed by atoms with van der Waals surface area (Å²) in [7, 11) is 0. The number of hydrogen-bond acceptors (Lipinski definition) is 6. The minimum absolute atomic E-state index is 0.0699. The van der Waals surface area contributed by atoms with Crippen LogP contribution in [0.1, 0.15) is 10.5 Å². The molecule has 0 bridgehead atoms. The monoisotopic (exact) mass is 315 g/mol. The van der Waals surface area contributed by atoms with Gasteiger partial charge in [0.25, 0.3) is 5.91 Å². The number of anilines is 1. The van der Waals surface area contributed by atoms with Crippen molar-refractivity contribution in [1.82, 2.24) is 19.7 Å². The summed E-state index contributed by atoms with van der Waals surface area (Å²) in [5.74, 6) is 0.137. The van der Waals surface area contributed by atoms with Gasteiger partial charge in [0, 0.05) is 18.5 Å². The lowest BCUT2D eigenvalue weighted by Crippen LogP contribution is -2.17. The van der Waals surface area contributed by atoms with E-state index in [1.54, 1.807) is 22.1 Å². The van der Waals surface area contributed by atoms with Crippen molar-refractivity contribution in [3.8, 4) is 10.6 Å². The molecule has 0 fully saturated rings. The molecule has 0 radical (unpaired) electrons.